The summed E-state index contributed by atoms with van der Waals surface area (Å²) in [7, 11) is 0. The summed E-state index contributed by atoms with van der Waals surface area (Å²) in [4.78, 5) is 10.2. The molecule has 0 saturated heterocycles. The van der Waals surface area contributed by atoms with E-state index in [0.29, 0.717) is 0 Å². The first-order valence-corrected chi connectivity index (χ1v) is 2.50. The molecule has 0 aliphatic rings. The molecule has 0 aliphatic heterocycles. The molecule has 0 saturated carbocycles. The average molecular weight is 114 g/mol. The van der Waals surface area contributed by atoms with Gasteiger partial charge in [-0.25, -0.2) is 0 Å². The van der Waals surface area contributed by atoms with E-state index in [2.05, 4.69) is 0 Å². The Hall–Kier alpha value is -0.630. The maximum absolute atomic E-state index is 10.2. The third-order valence-corrected chi connectivity index (χ3v) is 0.609. The molecule has 0 heterocycles. The SMILES string of the molecule is CC(=O)/C=C/C(C)O. The molecule has 0 aromatic carbocycles. The summed E-state index contributed by atoms with van der Waals surface area (Å²) < 4.78 is 0. The van der Waals surface area contributed by atoms with Crippen LogP contribution >= 0.6 is 0 Å². The summed E-state index contributed by atoms with van der Waals surface area (Å²) in [5, 5.41) is 8.56. The molecular weight excluding hydrogens is 104 g/mol. The van der Waals surface area contributed by atoms with Crippen LogP contribution in [0.1, 0.15) is 13.8 Å². The molecular formula is C6H10O2. The lowest BCUT2D eigenvalue weighted by Crippen LogP contribution is -1.93. The normalized spacial score (nSPS) is 14.4. The van der Waals surface area contributed by atoms with Gasteiger partial charge in [-0.2, -0.15) is 0 Å². The second-order valence-electron chi connectivity index (χ2n) is 1.71. The van der Waals surface area contributed by atoms with E-state index in [9.17, 15) is 4.79 Å². The number of rotatable bonds is 2. The second-order valence-corrected chi connectivity index (χ2v) is 1.71. The number of aliphatic hydroxyl groups excluding tert-OH is 1. The fraction of sp³-hybridized carbons (Fsp3) is 0.500. The fourth-order valence-electron chi connectivity index (χ4n) is 0.275. The minimum atomic E-state index is -0.515. The van der Waals surface area contributed by atoms with E-state index in [1.54, 1.807) is 6.92 Å². The number of carbonyl (C=O) groups is 1. The third-order valence-electron chi connectivity index (χ3n) is 0.609. The summed E-state index contributed by atoms with van der Waals surface area (Å²) in [5.41, 5.74) is 0. The highest BCUT2D eigenvalue weighted by Crippen LogP contribution is 1.81. The molecule has 8 heavy (non-hydrogen) atoms. The fourth-order valence-corrected chi connectivity index (χ4v) is 0.275. The lowest BCUT2D eigenvalue weighted by Gasteiger charge is -1.88. The van der Waals surface area contributed by atoms with Crippen molar-refractivity contribution in [2.45, 2.75) is 20.0 Å². The lowest BCUT2D eigenvalue weighted by atomic mass is 10.3. The first-order chi connectivity index (χ1) is 3.63. The van der Waals surface area contributed by atoms with Crippen LogP contribution in [0.4, 0.5) is 0 Å². The van der Waals surface area contributed by atoms with E-state index in [4.69, 9.17) is 5.11 Å². The predicted molar refractivity (Wildman–Crippen MR) is 31.5 cm³/mol. The Morgan fingerprint density at radius 3 is 2.38 bits per heavy atom. The smallest absolute Gasteiger partial charge is 0.152 e. The van der Waals surface area contributed by atoms with Gasteiger partial charge in [0.15, 0.2) is 5.78 Å². The van der Waals surface area contributed by atoms with Crippen LogP contribution < -0.4 is 0 Å². The van der Waals surface area contributed by atoms with Crippen LogP contribution in [0.15, 0.2) is 12.2 Å². The molecule has 0 spiro atoms. The predicted octanol–water partition coefficient (Wildman–Crippen LogP) is 0.512. The Bertz CT molecular complexity index is 103. The molecule has 0 aromatic heterocycles. The number of ketones is 1. The summed E-state index contributed by atoms with van der Waals surface area (Å²) in [6, 6.07) is 0. The van der Waals surface area contributed by atoms with Crippen molar-refractivity contribution < 1.29 is 9.90 Å². The van der Waals surface area contributed by atoms with Gasteiger partial charge in [0, 0.05) is 0 Å². The van der Waals surface area contributed by atoms with Crippen LogP contribution in [0.3, 0.4) is 0 Å². The van der Waals surface area contributed by atoms with Gasteiger partial charge in [0.1, 0.15) is 0 Å². The minimum Gasteiger partial charge on any atom is -0.389 e. The molecule has 46 valence electrons. The van der Waals surface area contributed by atoms with Crippen LogP contribution in [0.5, 0.6) is 0 Å². The molecule has 1 unspecified atom stereocenters. The molecule has 2 nitrogen and oxygen atoms in total. The molecule has 0 radical (unpaired) electrons. The number of allylic oxidation sites excluding steroid dienone is 1. The van der Waals surface area contributed by atoms with Gasteiger partial charge in [0.2, 0.25) is 0 Å². The standard InChI is InChI=1S/C6H10O2/c1-5(7)3-4-6(2)8/h3-5,7H,1-2H3/b4-3+. The summed E-state index contributed by atoms with van der Waals surface area (Å²) in [5.74, 6) is -0.0362. The average Bonchev–Trinajstić information content (AvgIpc) is 1.61. The molecule has 0 amide bonds. The molecule has 0 aliphatic carbocycles. The Labute approximate surface area is 48.8 Å². The van der Waals surface area contributed by atoms with Gasteiger partial charge in [-0.05, 0) is 19.9 Å². The topological polar surface area (TPSA) is 37.3 Å². The third kappa shape index (κ3) is 5.37. The van der Waals surface area contributed by atoms with Crippen molar-refractivity contribution >= 4 is 5.78 Å². The summed E-state index contributed by atoms with van der Waals surface area (Å²) in [6.45, 7) is 3.04. The van der Waals surface area contributed by atoms with E-state index in [0.717, 1.165) is 0 Å². The van der Waals surface area contributed by atoms with Crippen molar-refractivity contribution in [2.75, 3.05) is 0 Å². The Morgan fingerprint density at radius 2 is 2.25 bits per heavy atom. The van der Waals surface area contributed by atoms with Crippen LogP contribution in [0, 0.1) is 0 Å². The van der Waals surface area contributed by atoms with Crippen molar-refractivity contribution in [3.8, 4) is 0 Å². The minimum absolute atomic E-state index is 0.0362. The molecule has 0 aromatic rings. The summed E-state index contributed by atoms with van der Waals surface area (Å²) in [6.07, 6.45) is 2.28. The maximum Gasteiger partial charge on any atom is 0.152 e. The monoisotopic (exact) mass is 114 g/mol. The molecule has 2 heteroatoms. The van der Waals surface area contributed by atoms with Crippen molar-refractivity contribution in [3.63, 3.8) is 0 Å². The van der Waals surface area contributed by atoms with E-state index in [-0.39, 0.29) is 5.78 Å². The van der Waals surface area contributed by atoms with Gasteiger partial charge >= 0.3 is 0 Å². The number of carbonyl (C=O) groups excluding carboxylic acids is 1. The largest absolute Gasteiger partial charge is 0.389 e. The van der Waals surface area contributed by atoms with E-state index in [1.165, 1.54) is 19.1 Å². The molecule has 0 fully saturated rings. The Morgan fingerprint density at radius 1 is 1.75 bits per heavy atom. The Kier molecular flexibility index (Phi) is 3.12. The Balaban J connectivity index is 3.50. The highest BCUT2D eigenvalue weighted by atomic mass is 16.3. The van der Waals surface area contributed by atoms with Gasteiger partial charge in [-0.15, -0.1) is 0 Å². The van der Waals surface area contributed by atoms with E-state index < -0.39 is 6.10 Å². The highest BCUT2D eigenvalue weighted by molar-refractivity contribution is 5.87. The van der Waals surface area contributed by atoms with Crippen LogP contribution in [0.2, 0.25) is 0 Å². The maximum atomic E-state index is 10.2. The van der Waals surface area contributed by atoms with Crippen molar-refractivity contribution in [1.82, 2.24) is 0 Å². The van der Waals surface area contributed by atoms with Gasteiger partial charge < -0.3 is 5.11 Å². The second kappa shape index (κ2) is 3.38. The first-order valence-electron chi connectivity index (χ1n) is 2.50. The van der Waals surface area contributed by atoms with Gasteiger partial charge in [0.25, 0.3) is 0 Å². The molecule has 0 rings (SSSR count). The number of aliphatic hydroxyl groups is 1. The lowest BCUT2D eigenvalue weighted by molar-refractivity contribution is -0.112. The van der Waals surface area contributed by atoms with E-state index in [1.807, 2.05) is 0 Å². The highest BCUT2D eigenvalue weighted by Gasteiger charge is 1.85. The van der Waals surface area contributed by atoms with Crippen LogP contribution in [-0.4, -0.2) is 17.0 Å². The first kappa shape index (κ1) is 7.37. The van der Waals surface area contributed by atoms with Gasteiger partial charge in [-0.1, -0.05) is 6.08 Å². The van der Waals surface area contributed by atoms with Crippen LogP contribution in [-0.2, 0) is 4.79 Å². The molecule has 1 N–H and O–H groups in total. The zero-order valence-corrected chi connectivity index (χ0v) is 5.09. The van der Waals surface area contributed by atoms with Crippen molar-refractivity contribution in [2.24, 2.45) is 0 Å². The molecule has 0 bridgehead atoms. The zero-order valence-electron chi connectivity index (χ0n) is 5.09. The number of hydrogen-bond donors (Lipinski definition) is 1. The molecule has 1 atom stereocenters. The zero-order chi connectivity index (χ0) is 6.57. The van der Waals surface area contributed by atoms with Gasteiger partial charge in [0.05, 0.1) is 6.10 Å². The van der Waals surface area contributed by atoms with Crippen molar-refractivity contribution in [3.05, 3.63) is 12.2 Å². The van der Waals surface area contributed by atoms with E-state index >= 15 is 0 Å². The number of hydrogen-bond acceptors (Lipinski definition) is 2. The summed E-state index contributed by atoms with van der Waals surface area (Å²) >= 11 is 0. The quantitative estimate of drug-likeness (QED) is 0.531. The van der Waals surface area contributed by atoms with Crippen molar-refractivity contribution in [1.29, 1.82) is 0 Å². The van der Waals surface area contributed by atoms with Crippen LogP contribution in [0.25, 0.3) is 0 Å². The van der Waals surface area contributed by atoms with Gasteiger partial charge in [-0.3, -0.25) is 4.79 Å².